The Labute approximate surface area is 410 Å². The Balaban J connectivity index is 0.0000238. The Kier molecular flexibility index (Phi) is 27.9. The van der Waals surface area contributed by atoms with Gasteiger partial charge in [-0.05, 0) is 59.3 Å². The van der Waals surface area contributed by atoms with Gasteiger partial charge in [0.1, 0.15) is 49.0 Å². The standard InChI is InChI=1S/C37H68N12O18S.Fe/c1-17(51)47(65)12-5-8-20(38)30(57)40-21(9-6-13-48(66)18(2)52)31(58)41-22(10-7-14-49(67)19(3)53)32(59)42-23(16-50)33(60)44-25(35(61)62)26(54)29-27(55)28(56)34(68-29)46-15-11-24(43-36(39)63)45(4)37(46)64;/h11,15,17-21,23,25-31,34,40,50-58,65-67H,5-10,12-14,16,38H2,1-4H3,(H5,39,42,44,59,60,61,62,63);/p+1/b41-22+;. The van der Waals surface area contributed by atoms with E-state index in [4.69, 9.17) is 11.5 Å². The number of aliphatic imine (C=N–C) groups is 1. The molecule has 1 saturated heterocycles. The fourth-order valence-corrected chi connectivity index (χ4v) is 8.23. The van der Waals surface area contributed by atoms with Crippen molar-refractivity contribution in [2.24, 2.45) is 23.5 Å². The predicted octanol–water partition coefficient (Wildman–Crippen LogP) is -7.30. The number of urea groups is 1. The van der Waals surface area contributed by atoms with Crippen molar-refractivity contribution in [3.05, 3.63) is 22.7 Å². The number of aliphatic hydroxyl groups is 9. The summed E-state index contributed by atoms with van der Waals surface area (Å²) in [6, 6.07) is -6.28. The molecule has 398 valence electrons. The molecule has 0 aromatic carbocycles. The number of rotatable bonds is 30. The van der Waals surface area contributed by atoms with Crippen LogP contribution in [0.3, 0.4) is 0 Å². The van der Waals surface area contributed by atoms with Crippen LogP contribution in [0.1, 0.15) is 64.7 Å². The van der Waals surface area contributed by atoms with E-state index in [9.17, 15) is 90.7 Å². The minimum Gasteiger partial charge on any atom is -0.480 e. The van der Waals surface area contributed by atoms with E-state index in [1.807, 2.05) is 5.32 Å². The van der Waals surface area contributed by atoms with Crippen LogP contribution in [0.25, 0.3) is 0 Å². The Morgan fingerprint density at radius 3 is 1.93 bits per heavy atom. The Morgan fingerprint density at radius 1 is 0.884 bits per heavy atom. The second kappa shape index (κ2) is 30.3. The van der Waals surface area contributed by atoms with E-state index in [1.54, 1.807) is 0 Å². The van der Waals surface area contributed by atoms with E-state index in [1.165, 1.54) is 33.9 Å². The van der Waals surface area contributed by atoms with Crippen molar-refractivity contribution < 1.29 is 108 Å². The molecule has 0 radical (unpaired) electrons. The summed E-state index contributed by atoms with van der Waals surface area (Å²) in [5.74, 6) is -4.52. The zero-order chi connectivity index (χ0) is 51.7. The number of anilines is 1. The number of thioether (sulfide) groups is 1. The van der Waals surface area contributed by atoms with Crippen molar-refractivity contribution in [1.29, 1.82) is 0 Å². The molecule has 2 rings (SSSR count). The molecule has 1 aromatic rings. The number of amides is 4. The van der Waals surface area contributed by atoms with Crippen LogP contribution < -0.4 is 43.0 Å². The van der Waals surface area contributed by atoms with Crippen LogP contribution in [-0.4, -0.2) is 221 Å². The fourth-order valence-electron chi connectivity index (χ4n) is 6.65. The summed E-state index contributed by atoms with van der Waals surface area (Å²) in [4.78, 5) is 68.3. The summed E-state index contributed by atoms with van der Waals surface area (Å²) < 4.78 is 1.89. The molecule has 0 aliphatic carbocycles. The summed E-state index contributed by atoms with van der Waals surface area (Å²) in [6.45, 7) is 2.21. The largest absolute Gasteiger partial charge is 0.500 e. The number of aromatic nitrogens is 2. The molecule has 1 aromatic heterocycles. The first-order chi connectivity index (χ1) is 31.7. The number of carbonyl (C=O) groups is 4. The monoisotopic (exact) mass is 1060 g/mol. The summed E-state index contributed by atoms with van der Waals surface area (Å²) in [5, 5.41) is 142. The van der Waals surface area contributed by atoms with Gasteiger partial charge in [0.25, 0.3) is 5.91 Å². The number of hydroxylamine groups is 6. The van der Waals surface area contributed by atoms with Gasteiger partial charge >= 0.3 is 17.7 Å². The number of carboxylic acid groups (broad SMARTS) is 1. The number of carbonyl (C=O) groups excluding carboxylic acids is 3. The van der Waals surface area contributed by atoms with Crippen LogP contribution in [0, 0.1) is 0 Å². The molecule has 30 nitrogen and oxygen atoms in total. The molecule has 1 aliphatic heterocycles. The van der Waals surface area contributed by atoms with Gasteiger partial charge in [-0.25, -0.2) is 9.59 Å². The van der Waals surface area contributed by atoms with Crippen LogP contribution in [-0.2, 0) is 38.5 Å². The first-order valence-electron chi connectivity index (χ1n) is 21.4. The predicted molar refractivity (Wildman–Crippen MR) is 235 cm³/mol. The third-order valence-corrected chi connectivity index (χ3v) is 12.4. The van der Waals surface area contributed by atoms with Gasteiger partial charge in [-0.2, -0.15) is 29.1 Å². The zero-order valence-electron chi connectivity index (χ0n) is 38.3. The van der Waals surface area contributed by atoms with Crippen molar-refractivity contribution in [3.8, 4) is 0 Å². The SMILES string of the molecule is CC(O)N(O)CCC/C(=N\C(O)C(CCCN(O)C(C)O)NC(O)C(N)CCCN(O)C(C)O)C(=O)NC(CO)C(=O)NC(C(=O)O)C(O)C1SC([n+]2ccc(NC(N)=O)n(C)c2=O)C(O)C1O.[Fe]. The Bertz CT molecular complexity index is 1880. The van der Waals surface area contributed by atoms with Gasteiger partial charge in [0.15, 0.2) is 17.6 Å². The van der Waals surface area contributed by atoms with Gasteiger partial charge in [0.05, 0.1) is 37.2 Å². The van der Waals surface area contributed by atoms with Gasteiger partial charge in [-0.3, -0.25) is 25.2 Å². The Morgan fingerprint density at radius 2 is 1.42 bits per heavy atom. The topological polar surface area (TPSA) is 479 Å². The average molecular weight is 1060 g/mol. The molecule has 1 fully saturated rings. The number of primary amides is 1. The van der Waals surface area contributed by atoms with E-state index in [0.29, 0.717) is 27.0 Å². The van der Waals surface area contributed by atoms with Gasteiger partial charge in [-0.1, -0.05) is 0 Å². The minimum atomic E-state index is -2.28. The van der Waals surface area contributed by atoms with E-state index in [2.05, 4.69) is 20.9 Å². The van der Waals surface area contributed by atoms with Crippen LogP contribution in [0.15, 0.2) is 22.1 Å². The van der Waals surface area contributed by atoms with Crippen LogP contribution >= 0.6 is 11.8 Å². The fraction of sp³-hybridized carbons (Fsp3) is 0.757. The molecular weight excluding hydrogens is 988 g/mol. The third-order valence-electron chi connectivity index (χ3n) is 10.7. The van der Waals surface area contributed by atoms with Gasteiger partial charge in [-0.15, -0.1) is 11.8 Å². The molecule has 0 bridgehead atoms. The zero-order valence-corrected chi connectivity index (χ0v) is 40.2. The van der Waals surface area contributed by atoms with Gasteiger partial charge < -0.3 is 88.8 Å². The summed E-state index contributed by atoms with van der Waals surface area (Å²) in [5.41, 5.74) is 9.89. The number of hydrogen-bond acceptors (Lipinski definition) is 24. The van der Waals surface area contributed by atoms with Gasteiger partial charge in [0.2, 0.25) is 11.7 Å². The smallest absolute Gasteiger partial charge is 0.480 e. The second-order valence-electron chi connectivity index (χ2n) is 16.1. The number of aliphatic hydroxyl groups excluding tert-OH is 9. The molecule has 14 unspecified atom stereocenters. The van der Waals surface area contributed by atoms with Crippen LogP contribution in [0.2, 0.25) is 0 Å². The van der Waals surface area contributed by atoms with Crippen molar-refractivity contribution >= 4 is 47.1 Å². The number of nitrogens with one attached hydrogen (secondary N) is 4. The molecule has 1 aliphatic rings. The maximum absolute atomic E-state index is 13.8. The van der Waals surface area contributed by atoms with Crippen molar-refractivity contribution in [3.63, 3.8) is 0 Å². The third kappa shape index (κ3) is 19.5. The minimum absolute atomic E-state index is 0. The molecule has 0 saturated carbocycles. The average Bonchev–Trinajstić information content (AvgIpc) is 3.56. The number of nitrogens with zero attached hydrogens (tertiary/aromatic N) is 6. The maximum atomic E-state index is 13.8. The normalized spacial score (nSPS) is 21.9. The molecular formula is C37H69FeN12O18S+. The summed E-state index contributed by atoms with van der Waals surface area (Å²) in [6.07, 6.45) is -12.3. The first-order valence-corrected chi connectivity index (χ1v) is 22.3. The van der Waals surface area contributed by atoms with Crippen LogP contribution in [0.5, 0.6) is 0 Å². The quantitative estimate of drug-likeness (QED) is 0.0112. The van der Waals surface area contributed by atoms with Crippen molar-refractivity contribution in [2.75, 3.05) is 31.6 Å². The number of aliphatic carboxylic acids is 1. The molecule has 0 spiro atoms. The number of carboxylic acids is 1. The summed E-state index contributed by atoms with van der Waals surface area (Å²) >= 11 is 0.574. The van der Waals surface area contributed by atoms with E-state index >= 15 is 0 Å². The molecule has 4 amide bonds. The van der Waals surface area contributed by atoms with E-state index in [-0.39, 0.29) is 74.6 Å². The first kappa shape index (κ1) is 63.4. The van der Waals surface area contributed by atoms with E-state index < -0.39 is 132 Å². The number of nitrogens with two attached hydrogens (primary N) is 2. The van der Waals surface area contributed by atoms with Gasteiger partial charge in [0, 0.05) is 48.8 Å². The molecule has 21 N–H and O–H groups in total. The molecule has 14 atom stereocenters. The van der Waals surface area contributed by atoms with Crippen molar-refractivity contribution in [1.82, 2.24) is 35.7 Å². The number of hydrogen-bond donors (Lipinski definition) is 19. The van der Waals surface area contributed by atoms with Crippen LogP contribution in [0.4, 0.5) is 10.6 Å². The van der Waals surface area contributed by atoms with Crippen molar-refractivity contribution in [2.45, 2.75) is 144 Å². The second-order valence-corrected chi connectivity index (χ2v) is 17.4. The molecule has 32 heteroatoms. The molecule has 69 heavy (non-hydrogen) atoms. The molecule has 2 heterocycles. The maximum Gasteiger partial charge on any atom is 0.500 e. The van der Waals surface area contributed by atoms with E-state index in [0.717, 1.165) is 15.3 Å². The Hall–Kier alpha value is -3.58. The summed E-state index contributed by atoms with van der Waals surface area (Å²) in [7, 11) is 1.26.